The van der Waals surface area contributed by atoms with Crippen molar-refractivity contribution in [1.29, 1.82) is 0 Å². The van der Waals surface area contributed by atoms with E-state index in [0.29, 0.717) is 36.9 Å². The van der Waals surface area contributed by atoms with Gasteiger partial charge in [-0.1, -0.05) is 11.6 Å². The lowest BCUT2D eigenvalue weighted by Crippen LogP contribution is -2.54. The average molecular weight is 348 g/mol. The molecule has 0 amide bonds. The molecule has 0 radical (unpaired) electrons. The number of rotatable bonds is 4. The first-order valence-corrected chi connectivity index (χ1v) is 9.08. The van der Waals surface area contributed by atoms with Crippen LogP contribution in [0.25, 0.3) is 0 Å². The van der Waals surface area contributed by atoms with E-state index >= 15 is 0 Å². The number of aromatic nitrogens is 1. The van der Waals surface area contributed by atoms with E-state index in [0.717, 1.165) is 0 Å². The minimum Gasteiger partial charge on any atom is -0.392 e. The van der Waals surface area contributed by atoms with Crippen LogP contribution in [0.1, 0.15) is 19.4 Å². The Hall–Kier alpha value is -0.730. The molecule has 2 atom stereocenters. The summed E-state index contributed by atoms with van der Waals surface area (Å²) in [6.07, 6.45) is 0.881. The van der Waals surface area contributed by atoms with Gasteiger partial charge in [0.2, 0.25) is 10.0 Å². The van der Waals surface area contributed by atoms with Crippen LogP contribution < -0.4 is 0 Å². The van der Waals surface area contributed by atoms with Gasteiger partial charge in [-0.25, -0.2) is 13.4 Å². The van der Waals surface area contributed by atoms with Crippen LogP contribution in [0, 0.1) is 6.92 Å². The zero-order chi connectivity index (χ0) is 16.5. The molecule has 1 aliphatic heterocycles. The second-order valence-corrected chi connectivity index (χ2v) is 8.13. The summed E-state index contributed by atoms with van der Waals surface area (Å²) in [5.41, 5.74) is 0.642. The van der Waals surface area contributed by atoms with Crippen molar-refractivity contribution in [2.75, 3.05) is 26.2 Å². The van der Waals surface area contributed by atoms with Crippen molar-refractivity contribution in [1.82, 2.24) is 14.2 Å². The van der Waals surface area contributed by atoms with Crippen molar-refractivity contribution in [2.45, 2.75) is 37.8 Å². The van der Waals surface area contributed by atoms with Gasteiger partial charge in [0.05, 0.1) is 6.10 Å². The van der Waals surface area contributed by atoms with Gasteiger partial charge in [-0.05, 0) is 32.4 Å². The quantitative estimate of drug-likeness (QED) is 0.826. The van der Waals surface area contributed by atoms with E-state index in [4.69, 9.17) is 11.6 Å². The van der Waals surface area contributed by atoms with Crippen molar-refractivity contribution in [2.24, 2.45) is 0 Å². The Morgan fingerprint density at radius 3 is 2.73 bits per heavy atom. The van der Waals surface area contributed by atoms with E-state index in [-0.39, 0.29) is 10.9 Å². The molecule has 0 saturated carbocycles. The molecule has 0 aromatic carbocycles. The Bertz CT molecular complexity index is 636. The highest BCUT2D eigenvalue weighted by Crippen LogP contribution is 2.22. The van der Waals surface area contributed by atoms with E-state index < -0.39 is 16.1 Å². The zero-order valence-electron chi connectivity index (χ0n) is 13.0. The molecule has 22 heavy (non-hydrogen) atoms. The maximum Gasteiger partial charge on any atom is 0.244 e. The minimum absolute atomic E-state index is 0.0551. The Kier molecular flexibility index (Phi) is 5.45. The van der Waals surface area contributed by atoms with Crippen LogP contribution in [-0.4, -0.2) is 66.0 Å². The lowest BCUT2D eigenvalue weighted by molar-refractivity contribution is 0.0699. The highest BCUT2D eigenvalue weighted by atomic mass is 35.5. The fourth-order valence-corrected chi connectivity index (χ4v) is 4.26. The third-order valence-corrected chi connectivity index (χ3v) is 6.08. The Labute approximate surface area is 136 Å². The van der Waals surface area contributed by atoms with Crippen LogP contribution in [0.4, 0.5) is 0 Å². The number of hydrogen-bond donors (Lipinski definition) is 1. The highest BCUT2D eigenvalue weighted by Gasteiger charge is 2.32. The van der Waals surface area contributed by atoms with Crippen LogP contribution in [0.3, 0.4) is 0 Å². The maximum absolute atomic E-state index is 12.7. The summed E-state index contributed by atoms with van der Waals surface area (Å²) in [7, 11) is -3.56. The van der Waals surface area contributed by atoms with Crippen LogP contribution in [0.15, 0.2) is 17.2 Å². The van der Waals surface area contributed by atoms with Crippen molar-refractivity contribution >= 4 is 21.6 Å². The Balaban J connectivity index is 2.16. The van der Waals surface area contributed by atoms with Crippen LogP contribution in [0.2, 0.25) is 5.15 Å². The molecule has 1 fully saturated rings. The van der Waals surface area contributed by atoms with Gasteiger partial charge in [0.25, 0.3) is 0 Å². The lowest BCUT2D eigenvalue weighted by Gasteiger charge is -2.39. The molecule has 1 aromatic rings. The summed E-state index contributed by atoms with van der Waals surface area (Å²) in [4.78, 5) is 6.20. The lowest BCUT2D eigenvalue weighted by atomic mass is 10.2. The third kappa shape index (κ3) is 3.78. The van der Waals surface area contributed by atoms with E-state index in [2.05, 4.69) is 9.88 Å². The van der Waals surface area contributed by atoms with Crippen molar-refractivity contribution in [3.8, 4) is 0 Å². The molecule has 0 aliphatic carbocycles. The van der Waals surface area contributed by atoms with Crippen molar-refractivity contribution in [3.63, 3.8) is 0 Å². The van der Waals surface area contributed by atoms with Gasteiger partial charge in [0.15, 0.2) is 0 Å². The van der Waals surface area contributed by atoms with Gasteiger partial charge < -0.3 is 5.11 Å². The van der Waals surface area contributed by atoms with Crippen LogP contribution >= 0.6 is 11.6 Å². The largest absolute Gasteiger partial charge is 0.392 e. The summed E-state index contributed by atoms with van der Waals surface area (Å²) in [5.74, 6) is 0. The van der Waals surface area contributed by atoms with Gasteiger partial charge in [-0.2, -0.15) is 4.31 Å². The molecular formula is C14H22ClN3O3S. The molecule has 1 N–H and O–H groups in total. The topological polar surface area (TPSA) is 73.7 Å². The predicted molar refractivity (Wildman–Crippen MR) is 85.5 cm³/mol. The second-order valence-electron chi connectivity index (χ2n) is 5.83. The standard InChI is InChI=1S/C14H22ClN3O3S/c1-10-6-13(7-16-14(10)15)22(20,21)18-5-4-17(9-12(3)19)11(2)8-18/h6-7,11-12,19H,4-5,8-9H2,1-3H3/t11-,12+/m1/s1. The summed E-state index contributed by atoms with van der Waals surface area (Å²) in [6.45, 7) is 7.39. The van der Waals surface area contributed by atoms with Gasteiger partial charge >= 0.3 is 0 Å². The van der Waals surface area contributed by atoms with Crippen molar-refractivity contribution in [3.05, 3.63) is 23.0 Å². The molecule has 1 saturated heterocycles. The van der Waals surface area contributed by atoms with E-state index in [1.54, 1.807) is 19.9 Å². The zero-order valence-corrected chi connectivity index (χ0v) is 14.6. The number of piperazine rings is 1. The first kappa shape index (κ1) is 17.6. The Morgan fingerprint density at radius 1 is 1.50 bits per heavy atom. The molecule has 8 heteroatoms. The molecule has 6 nitrogen and oxygen atoms in total. The fourth-order valence-electron chi connectivity index (χ4n) is 2.61. The van der Waals surface area contributed by atoms with Gasteiger partial charge in [0.1, 0.15) is 10.0 Å². The number of aliphatic hydroxyl groups excluding tert-OH is 1. The molecule has 0 spiro atoms. The number of halogens is 1. The number of pyridine rings is 1. The molecule has 124 valence electrons. The number of aliphatic hydroxyl groups is 1. The SMILES string of the molecule is Cc1cc(S(=O)(=O)N2CCN(C[C@H](C)O)[C@H](C)C2)cnc1Cl. The summed E-state index contributed by atoms with van der Waals surface area (Å²) < 4.78 is 26.9. The molecular weight excluding hydrogens is 326 g/mol. The van der Waals surface area contributed by atoms with Crippen molar-refractivity contribution < 1.29 is 13.5 Å². The number of sulfonamides is 1. The van der Waals surface area contributed by atoms with Gasteiger partial charge in [0, 0.05) is 38.4 Å². The number of hydrogen-bond acceptors (Lipinski definition) is 5. The second kappa shape index (κ2) is 6.80. The molecule has 0 bridgehead atoms. The van der Waals surface area contributed by atoms with E-state index in [1.165, 1.54) is 10.5 Å². The molecule has 2 heterocycles. The number of β-amino-alcohol motifs (C(OH)–C–C–N with tert-alkyl or cyclic N) is 1. The predicted octanol–water partition coefficient (Wildman–Crippen LogP) is 1.12. The van der Waals surface area contributed by atoms with E-state index in [1.807, 2.05) is 6.92 Å². The average Bonchev–Trinajstić information content (AvgIpc) is 2.43. The van der Waals surface area contributed by atoms with Gasteiger partial charge in [-0.3, -0.25) is 4.90 Å². The monoisotopic (exact) mass is 347 g/mol. The smallest absolute Gasteiger partial charge is 0.244 e. The first-order valence-electron chi connectivity index (χ1n) is 7.26. The molecule has 1 aliphatic rings. The molecule has 0 unspecified atom stereocenters. The Morgan fingerprint density at radius 2 is 2.18 bits per heavy atom. The third-order valence-electron chi connectivity index (χ3n) is 3.85. The first-order chi connectivity index (χ1) is 10.2. The fraction of sp³-hybridized carbons (Fsp3) is 0.643. The number of nitrogens with zero attached hydrogens (tertiary/aromatic N) is 3. The maximum atomic E-state index is 12.7. The highest BCUT2D eigenvalue weighted by molar-refractivity contribution is 7.89. The summed E-state index contributed by atoms with van der Waals surface area (Å²) in [6, 6.07) is 1.61. The number of aryl methyl sites for hydroxylation is 1. The van der Waals surface area contributed by atoms with E-state index in [9.17, 15) is 13.5 Å². The van der Waals surface area contributed by atoms with Gasteiger partial charge in [-0.15, -0.1) is 0 Å². The summed E-state index contributed by atoms with van der Waals surface area (Å²) >= 11 is 5.86. The molecule has 1 aromatic heterocycles. The normalized spacial score (nSPS) is 22.7. The van der Waals surface area contributed by atoms with Crippen LogP contribution in [0.5, 0.6) is 0 Å². The summed E-state index contributed by atoms with van der Waals surface area (Å²) in [5, 5.41) is 9.80. The molecule has 2 rings (SSSR count). The van der Waals surface area contributed by atoms with Crippen LogP contribution in [-0.2, 0) is 10.0 Å². The minimum atomic E-state index is -3.56.